The molecule has 2 fully saturated rings. The largest absolute Gasteiger partial charge is 0.366 e. The first kappa shape index (κ1) is 24.8. The van der Waals surface area contributed by atoms with Crippen LogP contribution in [0.3, 0.4) is 0 Å². The fourth-order valence-electron chi connectivity index (χ4n) is 6.20. The lowest BCUT2D eigenvalue weighted by atomic mass is 9.76. The van der Waals surface area contributed by atoms with E-state index in [-0.39, 0.29) is 22.8 Å². The van der Waals surface area contributed by atoms with Crippen LogP contribution in [-0.2, 0) is 24.1 Å². The maximum absolute atomic E-state index is 12.0. The van der Waals surface area contributed by atoms with E-state index >= 15 is 0 Å². The number of hydrogen-bond acceptors (Lipinski definition) is 6. The highest BCUT2D eigenvalue weighted by Gasteiger charge is 2.49. The zero-order chi connectivity index (χ0) is 25.5. The number of anilines is 2. The molecule has 0 bridgehead atoms. The van der Waals surface area contributed by atoms with Gasteiger partial charge < -0.3 is 20.1 Å². The van der Waals surface area contributed by atoms with Crippen molar-refractivity contribution in [3.05, 3.63) is 42.1 Å². The van der Waals surface area contributed by atoms with Crippen molar-refractivity contribution >= 4 is 17.7 Å². The third-order valence-electron chi connectivity index (χ3n) is 8.13. The molecule has 8 heteroatoms. The van der Waals surface area contributed by atoms with Crippen LogP contribution in [0.4, 0.5) is 11.8 Å². The Bertz CT molecular complexity index is 1100. The monoisotopic (exact) mass is 491 g/mol. The Kier molecular flexibility index (Phi) is 6.55. The Hall–Kier alpha value is -2.90. The van der Waals surface area contributed by atoms with Gasteiger partial charge in [-0.1, -0.05) is 34.3 Å². The van der Waals surface area contributed by atoms with E-state index in [0.29, 0.717) is 5.92 Å². The summed E-state index contributed by atoms with van der Waals surface area (Å²) in [5, 5.41) is 3.84. The van der Waals surface area contributed by atoms with Gasteiger partial charge in [0.1, 0.15) is 11.6 Å². The number of hydrogen-bond donors (Lipinski definition) is 2. The van der Waals surface area contributed by atoms with Crippen molar-refractivity contribution < 1.29 is 4.79 Å². The fourth-order valence-corrected chi connectivity index (χ4v) is 6.20. The number of imidazole rings is 1. The number of carbonyl (C=O) groups is 1. The average Bonchev–Trinajstić information content (AvgIpc) is 3.46. The molecule has 2 aromatic heterocycles. The van der Waals surface area contributed by atoms with Crippen LogP contribution in [0.1, 0.15) is 64.0 Å². The van der Waals surface area contributed by atoms with Crippen LogP contribution in [-0.4, -0.2) is 63.0 Å². The number of nitrogens with zero attached hydrogens (tertiary/aromatic N) is 5. The smallest absolute Gasteiger partial charge is 0.245 e. The first-order valence-corrected chi connectivity index (χ1v) is 13.5. The van der Waals surface area contributed by atoms with E-state index in [0.717, 1.165) is 82.3 Å². The van der Waals surface area contributed by atoms with Crippen LogP contribution < -0.4 is 10.2 Å². The first-order valence-electron chi connectivity index (χ1n) is 13.5. The molecule has 0 saturated carbocycles. The second-order valence-electron chi connectivity index (χ2n) is 12.4. The molecule has 3 aliphatic rings. The number of rotatable bonds is 8. The minimum absolute atomic E-state index is 0.0329. The highest BCUT2D eigenvalue weighted by Crippen LogP contribution is 2.42. The zero-order valence-electron chi connectivity index (χ0n) is 22.3. The maximum atomic E-state index is 12.0. The summed E-state index contributed by atoms with van der Waals surface area (Å²) >= 11 is 0. The first-order chi connectivity index (χ1) is 17.2. The third-order valence-corrected chi connectivity index (χ3v) is 8.13. The Morgan fingerprint density at radius 2 is 2.06 bits per heavy atom. The molecule has 1 amide bonds. The molecule has 0 radical (unpaired) electrons. The van der Waals surface area contributed by atoms with Crippen molar-refractivity contribution in [1.29, 1.82) is 0 Å². The summed E-state index contributed by atoms with van der Waals surface area (Å²) in [4.78, 5) is 34.3. The van der Waals surface area contributed by atoms with Crippen molar-refractivity contribution in [2.45, 2.75) is 72.3 Å². The SMILES string of the molecule is C=CC(=O)N1CC2(CCN(c3nc4c(c(NC(Cc5ncc[nH]5)CC(C)C)n3)CCC(C)(C)C4)C2)C1. The van der Waals surface area contributed by atoms with Gasteiger partial charge in [0.05, 0.1) is 5.69 Å². The van der Waals surface area contributed by atoms with Gasteiger partial charge >= 0.3 is 0 Å². The van der Waals surface area contributed by atoms with Crippen LogP contribution in [0.15, 0.2) is 25.0 Å². The molecule has 1 spiro atoms. The molecular weight excluding hydrogens is 450 g/mol. The minimum atomic E-state index is 0.0329. The Morgan fingerprint density at radius 1 is 1.25 bits per heavy atom. The van der Waals surface area contributed by atoms with Gasteiger partial charge in [0.15, 0.2) is 0 Å². The van der Waals surface area contributed by atoms with Gasteiger partial charge in [0, 0.05) is 62.0 Å². The number of likely N-dealkylation sites (tertiary alicyclic amines) is 1. The van der Waals surface area contributed by atoms with E-state index in [9.17, 15) is 4.79 Å². The van der Waals surface area contributed by atoms with Crippen molar-refractivity contribution in [2.24, 2.45) is 16.7 Å². The Labute approximate surface area is 215 Å². The number of amides is 1. The van der Waals surface area contributed by atoms with E-state index in [1.807, 2.05) is 17.3 Å². The molecule has 1 atom stereocenters. The van der Waals surface area contributed by atoms with Gasteiger partial charge in [0.2, 0.25) is 11.9 Å². The molecule has 2 saturated heterocycles. The lowest BCUT2D eigenvalue weighted by Gasteiger charge is -2.47. The van der Waals surface area contributed by atoms with Crippen molar-refractivity contribution in [1.82, 2.24) is 24.8 Å². The van der Waals surface area contributed by atoms with E-state index in [4.69, 9.17) is 9.97 Å². The summed E-state index contributed by atoms with van der Waals surface area (Å²) in [5.41, 5.74) is 2.88. The average molecular weight is 492 g/mol. The molecule has 194 valence electrons. The Morgan fingerprint density at radius 3 is 2.75 bits per heavy atom. The van der Waals surface area contributed by atoms with Crippen molar-refractivity contribution in [3.8, 4) is 0 Å². The molecule has 2 N–H and O–H groups in total. The number of aromatic nitrogens is 4. The molecule has 1 unspecified atom stereocenters. The minimum Gasteiger partial charge on any atom is -0.366 e. The second kappa shape index (κ2) is 9.52. The maximum Gasteiger partial charge on any atom is 0.245 e. The van der Waals surface area contributed by atoms with Crippen LogP contribution >= 0.6 is 0 Å². The molecule has 2 aromatic rings. The van der Waals surface area contributed by atoms with E-state index in [1.165, 1.54) is 17.3 Å². The predicted molar refractivity (Wildman–Crippen MR) is 143 cm³/mol. The predicted octanol–water partition coefficient (Wildman–Crippen LogP) is 4.01. The number of carbonyl (C=O) groups excluding carboxylic acids is 1. The van der Waals surface area contributed by atoms with Crippen LogP contribution in [0, 0.1) is 16.7 Å². The summed E-state index contributed by atoms with van der Waals surface area (Å²) in [7, 11) is 0. The lowest BCUT2D eigenvalue weighted by molar-refractivity contribution is -0.136. The van der Waals surface area contributed by atoms with Crippen LogP contribution in [0.25, 0.3) is 0 Å². The van der Waals surface area contributed by atoms with E-state index < -0.39 is 0 Å². The lowest BCUT2D eigenvalue weighted by Crippen LogP contribution is -2.59. The fraction of sp³-hybridized carbons (Fsp3) is 0.643. The second-order valence-corrected chi connectivity index (χ2v) is 12.4. The topological polar surface area (TPSA) is 90.0 Å². The molecule has 8 nitrogen and oxygen atoms in total. The van der Waals surface area contributed by atoms with Gasteiger partial charge in [-0.05, 0) is 49.5 Å². The van der Waals surface area contributed by atoms with Gasteiger partial charge in [-0.2, -0.15) is 4.98 Å². The normalized spacial score (nSPS) is 20.8. The number of H-pyrrole nitrogens is 1. The van der Waals surface area contributed by atoms with Gasteiger partial charge in [-0.25, -0.2) is 9.97 Å². The summed E-state index contributed by atoms with van der Waals surface area (Å²) in [6.45, 7) is 16.3. The molecule has 5 rings (SSSR count). The molecule has 36 heavy (non-hydrogen) atoms. The van der Waals surface area contributed by atoms with E-state index in [2.05, 4.69) is 54.5 Å². The van der Waals surface area contributed by atoms with Gasteiger partial charge in [-0.3, -0.25) is 4.79 Å². The molecule has 2 aliphatic heterocycles. The van der Waals surface area contributed by atoms with Crippen LogP contribution in [0.5, 0.6) is 0 Å². The third kappa shape index (κ3) is 5.13. The van der Waals surface area contributed by atoms with Gasteiger partial charge in [-0.15, -0.1) is 0 Å². The highest BCUT2D eigenvalue weighted by molar-refractivity contribution is 5.87. The zero-order valence-corrected chi connectivity index (χ0v) is 22.3. The number of fused-ring (bicyclic) bond motifs is 1. The van der Waals surface area contributed by atoms with Crippen molar-refractivity contribution in [2.75, 3.05) is 36.4 Å². The van der Waals surface area contributed by atoms with Crippen molar-refractivity contribution in [3.63, 3.8) is 0 Å². The molecular formula is C28H41N7O. The van der Waals surface area contributed by atoms with Crippen LogP contribution in [0.2, 0.25) is 0 Å². The molecule has 1 aliphatic carbocycles. The number of aromatic amines is 1. The molecule has 0 aromatic carbocycles. The quantitative estimate of drug-likeness (QED) is 0.543. The number of nitrogens with one attached hydrogen (secondary N) is 2. The Balaban J connectivity index is 1.40. The van der Waals surface area contributed by atoms with Gasteiger partial charge in [0.25, 0.3) is 0 Å². The summed E-state index contributed by atoms with van der Waals surface area (Å²) < 4.78 is 0. The highest BCUT2D eigenvalue weighted by atomic mass is 16.2. The summed E-state index contributed by atoms with van der Waals surface area (Å²) in [6.07, 6.45) is 11.2. The standard InChI is InChI=1S/C28H41N7O/c1-6-24(36)35-17-28(18-35)9-12-34(16-28)26-32-22-15-27(4,5)8-7-21(22)25(33-26)31-20(13-19(2)3)14-23-29-10-11-30-23/h6,10-11,19-20H,1,7-9,12-18H2,2-5H3,(H,29,30)(H,31,32,33). The van der Waals surface area contributed by atoms with E-state index in [1.54, 1.807) is 0 Å². The summed E-state index contributed by atoms with van der Waals surface area (Å²) in [6, 6.07) is 0.243. The summed E-state index contributed by atoms with van der Waals surface area (Å²) in [5.74, 6) is 3.43. The molecule has 4 heterocycles.